The van der Waals surface area contributed by atoms with E-state index >= 15 is 0 Å². The maximum atomic E-state index is 12.8. The molecule has 1 amide bonds. The zero-order chi connectivity index (χ0) is 19.6. The summed E-state index contributed by atoms with van der Waals surface area (Å²) in [5.74, 6) is -1.06. The van der Waals surface area contributed by atoms with E-state index in [4.69, 9.17) is 4.74 Å². The van der Waals surface area contributed by atoms with Gasteiger partial charge in [0, 0.05) is 18.3 Å². The molecule has 8 heteroatoms. The van der Waals surface area contributed by atoms with E-state index in [9.17, 15) is 19.7 Å². The van der Waals surface area contributed by atoms with Crippen LogP contribution >= 0.6 is 0 Å². The second-order valence-corrected chi connectivity index (χ2v) is 6.06. The molecule has 0 radical (unpaired) electrons. The molecule has 0 fully saturated rings. The van der Waals surface area contributed by atoms with Crippen molar-refractivity contribution >= 4 is 23.3 Å². The molecule has 0 aromatic heterocycles. The van der Waals surface area contributed by atoms with Crippen LogP contribution in [-0.2, 0) is 16.0 Å². The number of hydrogen-bond donors (Lipinski definition) is 0. The summed E-state index contributed by atoms with van der Waals surface area (Å²) in [7, 11) is 1.19. The van der Waals surface area contributed by atoms with Crippen LogP contribution in [0.1, 0.15) is 22.8 Å². The van der Waals surface area contributed by atoms with Gasteiger partial charge in [-0.1, -0.05) is 18.2 Å². The number of ether oxygens (including phenoxy) is 2. The van der Waals surface area contributed by atoms with Gasteiger partial charge in [0.2, 0.25) is 0 Å². The minimum atomic E-state index is -0.932. The van der Waals surface area contributed by atoms with Crippen molar-refractivity contribution in [1.29, 1.82) is 0 Å². The van der Waals surface area contributed by atoms with Crippen LogP contribution in [-0.4, -0.2) is 36.6 Å². The molecule has 0 spiro atoms. The van der Waals surface area contributed by atoms with Crippen molar-refractivity contribution in [3.63, 3.8) is 0 Å². The summed E-state index contributed by atoms with van der Waals surface area (Å²) in [5, 5.41) is 11.3. The van der Waals surface area contributed by atoms with Crippen LogP contribution in [0.15, 0.2) is 42.5 Å². The number of fused-ring (bicyclic) bond motifs is 1. The smallest absolute Gasteiger partial charge is 0.338 e. The van der Waals surface area contributed by atoms with Crippen LogP contribution in [0.4, 0.5) is 11.4 Å². The van der Waals surface area contributed by atoms with Gasteiger partial charge in [-0.3, -0.25) is 14.9 Å². The average molecular weight is 370 g/mol. The van der Waals surface area contributed by atoms with E-state index in [0.717, 1.165) is 23.7 Å². The van der Waals surface area contributed by atoms with Gasteiger partial charge in [-0.2, -0.15) is 0 Å². The lowest BCUT2D eigenvalue weighted by Gasteiger charge is -2.22. The first kappa shape index (κ1) is 18.4. The Bertz CT molecular complexity index is 911. The number of hydrogen-bond acceptors (Lipinski definition) is 6. The molecule has 1 atom stereocenters. The summed E-state index contributed by atoms with van der Waals surface area (Å²) < 4.78 is 10.1. The van der Waals surface area contributed by atoms with Crippen LogP contribution in [0, 0.1) is 10.1 Å². The van der Waals surface area contributed by atoms with E-state index in [1.54, 1.807) is 11.8 Å². The third kappa shape index (κ3) is 3.59. The maximum Gasteiger partial charge on any atom is 0.338 e. The number of methoxy groups -OCH3 is 1. The molecule has 1 aliphatic rings. The molecular weight excluding hydrogens is 352 g/mol. The lowest BCUT2D eigenvalue weighted by atomic mass is 10.2. The van der Waals surface area contributed by atoms with E-state index in [2.05, 4.69) is 4.74 Å². The molecular formula is C19H18N2O6. The highest BCUT2D eigenvalue weighted by Gasteiger charge is 2.30. The fourth-order valence-electron chi connectivity index (χ4n) is 3.03. The number of benzene rings is 2. The van der Waals surface area contributed by atoms with E-state index in [1.807, 2.05) is 24.3 Å². The fraction of sp³-hybridized carbons (Fsp3) is 0.263. The van der Waals surface area contributed by atoms with Crippen molar-refractivity contribution in [3.05, 3.63) is 63.7 Å². The number of anilines is 1. The van der Waals surface area contributed by atoms with Crippen molar-refractivity contribution in [2.24, 2.45) is 0 Å². The highest BCUT2D eigenvalue weighted by Crippen LogP contribution is 2.31. The molecule has 2 aromatic carbocycles. The number of carbonyl (C=O) groups is 2. The average Bonchev–Trinajstić information content (AvgIpc) is 3.10. The Kier molecular flexibility index (Phi) is 5.07. The van der Waals surface area contributed by atoms with Crippen molar-refractivity contribution in [2.75, 3.05) is 18.6 Å². The van der Waals surface area contributed by atoms with Gasteiger partial charge < -0.3 is 14.4 Å². The Labute approximate surface area is 155 Å². The maximum absolute atomic E-state index is 12.8. The first-order valence-electron chi connectivity index (χ1n) is 8.35. The van der Waals surface area contributed by atoms with E-state index < -0.39 is 22.7 Å². The van der Waals surface area contributed by atoms with Gasteiger partial charge in [-0.25, -0.2) is 4.79 Å². The topological polar surface area (TPSA) is 99.0 Å². The molecule has 0 saturated heterocycles. The van der Waals surface area contributed by atoms with Crippen molar-refractivity contribution < 1.29 is 24.0 Å². The first-order valence-corrected chi connectivity index (χ1v) is 8.35. The monoisotopic (exact) mass is 370 g/mol. The minimum Gasteiger partial charge on any atom is -0.474 e. The third-order valence-electron chi connectivity index (χ3n) is 4.38. The summed E-state index contributed by atoms with van der Waals surface area (Å²) in [6.45, 7) is 2.08. The number of amides is 1. The van der Waals surface area contributed by atoms with Crippen molar-refractivity contribution in [2.45, 2.75) is 19.4 Å². The SMILES string of the molecule is COC(=O)c1ccc(O[C@@H](C)C(=O)N2CCc3ccccc32)c([N+](=O)[O-])c1. The summed E-state index contributed by atoms with van der Waals surface area (Å²) >= 11 is 0. The third-order valence-corrected chi connectivity index (χ3v) is 4.38. The number of nitro benzene ring substituents is 1. The van der Waals surface area contributed by atoms with Crippen LogP contribution < -0.4 is 9.64 Å². The Morgan fingerprint density at radius 2 is 1.96 bits per heavy atom. The second kappa shape index (κ2) is 7.45. The molecule has 0 unspecified atom stereocenters. The van der Waals surface area contributed by atoms with Gasteiger partial charge in [-0.15, -0.1) is 0 Å². The largest absolute Gasteiger partial charge is 0.474 e. The van der Waals surface area contributed by atoms with Gasteiger partial charge in [0.05, 0.1) is 17.6 Å². The quantitative estimate of drug-likeness (QED) is 0.456. The molecule has 2 aromatic rings. The second-order valence-electron chi connectivity index (χ2n) is 6.06. The number of rotatable bonds is 5. The number of carbonyl (C=O) groups excluding carboxylic acids is 2. The number of para-hydroxylation sites is 1. The highest BCUT2D eigenvalue weighted by molar-refractivity contribution is 5.98. The predicted molar refractivity (Wildman–Crippen MR) is 97.0 cm³/mol. The van der Waals surface area contributed by atoms with Gasteiger partial charge in [0.25, 0.3) is 5.91 Å². The van der Waals surface area contributed by atoms with Gasteiger partial charge in [0.1, 0.15) is 0 Å². The molecule has 27 heavy (non-hydrogen) atoms. The first-order chi connectivity index (χ1) is 12.9. The Morgan fingerprint density at radius 1 is 1.22 bits per heavy atom. The van der Waals surface area contributed by atoms with Crippen LogP contribution in [0.5, 0.6) is 5.75 Å². The zero-order valence-electron chi connectivity index (χ0n) is 14.9. The Balaban J connectivity index is 1.81. The normalized spacial score (nSPS) is 13.6. The molecule has 1 aliphatic heterocycles. The Morgan fingerprint density at radius 3 is 2.67 bits per heavy atom. The summed E-state index contributed by atoms with van der Waals surface area (Å²) in [5.41, 5.74) is 1.53. The minimum absolute atomic E-state index is 0.0315. The van der Waals surface area contributed by atoms with Crippen LogP contribution in [0.2, 0.25) is 0 Å². The molecule has 1 heterocycles. The molecule has 0 N–H and O–H groups in total. The van der Waals surface area contributed by atoms with E-state index in [1.165, 1.54) is 19.2 Å². The van der Waals surface area contributed by atoms with Gasteiger partial charge >= 0.3 is 11.7 Å². The number of esters is 1. The van der Waals surface area contributed by atoms with E-state index in [0.29, 0.717) is 6.54 Å². The van der Waals surface area contributed by atoms with Crippen LogP contribution in [0.25, 0.3) is 0 Å². The lowest BCUT2D eigenvalue weighted by molar-refractivity contribution is -0.386. The summed E-state index contributed by atoms with van der Waals surface area (Å²) in [6.07, 6.45) is -0.179. The van der Waals surface area contributed by atoms with Crippen LogP contribution in [0.3, 0.4) is 0 Å². The highest BCUT2D eigenvalue weighted by atomic mass is 16.6. The number of nitrogens with zero attached hydrogens (tertiary/aromatic N) is 2. The lowest BCUT2D eigenvalue weighted by Crippen LogP contribution is -2.39. The summed E-state index contributed by atoms with van der Waals surface area (Å²) in [4.78, 5) is 36.6. The molecule has 3 rings (SSSR count). The number of nitro groups is 1. The molecule has 140 valence electrons. The van der Waals surface area contributed by atoms with Gasteiger partial charge in [-0.05, 0) is 37.1 Å². The van der Waals surface area contributed by atoms with Gasteiger partial charge in [0.15, 0.2) is 11.9 Å². The fourth-order valence-corrected chi connectivity index (χ4v) is 3.03. The summed E-state index contributed by atoms with van der Waals surface area (Å²) in [6, 6.07) is 11.3. The zero-order valence-corrected chi connectivity index (χ0v) is 14.9. The predicted octanol–water partition coefficient (Wildman–Crippen LogP) is 2.74. The molecule has 0 aliphatic carbocycles. The Hall–Kier alpha value is -3.42. The molecule has 0 saturated carbocycles. The van der Waals surface area contributed by atoms with Crippen molar-refractivity contribution in [3.8, 4) is 5.75 Å². The molecule has 0 bridgehead atoms. The standard InChI is InChI=1S/C19H18N2O6/c1-12(18(22)20-10-9-13-5-3-4-6-15(13)20)27-17-8-7-14(19(23)26-2)11-16(17)21(24)25/h3-8,11-12H,9-10H2,1-2H3/t12-/m0/s1. The van der Waals surface area contributed by atoms with E-state index in [-0.39, 0.29) is 17.2 Å². The van der Waals surface area contributed by atoms with Crippen molar-refractivity contribution in [1.82, 2.24) is 0 Å². The molecule has 8 nitrogen and oxygen atoms in total.